The predicted molar refractivity (Wildman–Crippen MR) is 311 cm³/mol. The van der Waals surface area contributed by atoms with Crippen LogP contribution in [0.5, 0.6) is 11.5 Å². The molecule has 1 saturated carbocycles. The number of carbonyl (C=O) groups excluding carboxylic acids is 1. The molecule has 426 valence electrons. The zero-order chi connectivity index (χ0) is 54.1. The maximum atomic E-state index is 13.4. The summed E-state index contributed by atoms with van der Waals surface area (Å²) in [5, 5.41) is 39.2. The molecule has 76 heavy (non-hydrogen) atoms. The molecular formula is C63H99N3O9S. The number of rotatable bonds is 43. The topological polar surface area (TPSA) is 162 Å². The number of nitro groups is 1. The summed E-state index contributed by atoms with van der Waals surface area (Å²) < 4.78 is 20.6. The highest BCUT2D eigenvalue weighted by Crippen LogP contribution is 2.62. The van der Waals surface area contributed by atoms with Crippen LogP contribution >= 0.6 is 11.8 Å². The van der Waals surface area contributed by atoms with Gasteiger partial charge in [0.2, 0.25) is 5.79 Å². The molecule has 0 radical (unpaired) electrons. The number of non-ortho nitro benzene ring substituents is 1. The number of nitrogens with zero attached hydrogens (tertiary/aromatic N) is 2. The first kappa shape index (κ1) is 62.9. The summed E-state index contributed by atoms with van der Waals surface area (Å²) in [7, 11) is 0. The molecule has 2 aromatic rings. The minimum atomic E-state index is -1.10. The van der Waals surface area contributed by atoms with Crippen molar-refractivity contribution in [3.8, 4) is 11.5 Å². The molecule has 1 amide bonds. The molecule has 1 aliphatic heterocycles. The summed E-state index contributed by atoms with van der Waals surface area (Å²) in [6.45, 7) is 9.82. The Balaban J connectivity index is 1.40. The number of hydrogen-bond donors (Lipinski definition) is 3. The Hall–Kier alpha value is -3.91. The van der Waals surface area contributed by atoms with Gasteiger partial charge < -0.3 is 34.6 Å². The Morgan fingerprint density at radius 2 is 1.37 bits per heavy atom. The zero-order valence-electron chi connectivity index (χ0n) is 47.0. The van der Waals surface area contributed by atoms with Gasteiger partial charge in [-0.1, -0.05) is 185 Å². The van der Waals surface area contributed by atoms with E-state index in [1.54, 1.807) is 18.2 Å². The van der Waals surface area contributed by atoms with Crippen LogP contribution in [0.4, 0.5) is 10.5 Å². The maximum Gasteiger partial charge on any atom is 0.412 e. The van der Waals surface area contributed by atoms with Gasteiger partial charge in [0, 0.05) is 49.8 Å². The summed E-state index contributed by atoms with van der Waals surface area (Å²) in [5.41, 5.74) is 3.60. The molecule has 1 fully saturated rings. The van der Waals surface area contributed by atoms with Gasteiger partial charge in [-0.3, -0.25) is 10.1 Å². The molecule has 0 aromatic heterocycles. The van der Waals surface area contributed by atoms with Gasteiger partial charge in [-0.25, -0.2) is 4.79 Å². The van der Waals surface area contributed by atoms with Gasteiger partial charge in [0.1, 0.15) is 18.1 Å². The molecule has 3 N–H and O–H groups in total. The Labute approximate surface area is 462 Å². The fourth-order valence-electron chi connectivity index (χ4n) is 11.9. The van der Waals surface area contributed by atoms with E-state index < -0.39 is 16.8 Å². The number of nitro benzene ring substituents is 1. The third-order valence-electron chi connectivity index (χ3n) is 16.0. The number of aliphatic hydroxyl groups is 2. The number of aliphatic hydroxyl groups excluding tert-OH is 2. The molecule has 0 spiro atoms. The van der Waals surface area contributed by atoms with E-state index in [2.05, 4.69) is 31.8 Å². The van der Waals surface area contributed by atoms with Gasteiger partial charge in [0.25, 0.3) is 5.69 Å². The molecule has 0 bridgehead atoms. The first-order valence-electron chi connectivity index (χ1n) is 30.3. The largest absolute Gasteiger partial charge is 0.460 e. The zero-order valence-corrected chi connectivity index (χ0v) is 47.8. The smallest absolute Gasteiger partial charge is 0.412 e. The van der Waals surface area contributed by atoms with Crippen LogP contribution < -0.4 is 14.8 Å². The lowest BCUT2D eigenvalue weighted by atomic mass is 9.56. The molecule has 3 aliphatic rings. The summed E-state index contributed by atoms with van der Waals surface area (Å²) in [6, 6.07) is 12.2. The summed E-state index contributed by atoms with van der Waals surface area (Å²) in [4.78, 5) is 30.6. The van der Waals surface area contributed by atoms with Gasteiger partial charge in [0.05, 0.1) is 28.4 Å². The monoisotopic (exact) mass is 1070 g/mol. The van der Waals surface area contributed by atoms with E-state index in [-0.39, 0.29) is 61.0 Å². The molecule has 6 atom stereocenters. The van der Waals surface area contributed by atoms with Crippen molar-refractivity contribution in [3.05, 3.63) is 88.0 Å². The lowest BCUT2D eigenvalue weighted by Gasteiger charge is -2.58. The van der Waals surface area contributed by atoms with E-state index in [4.69, 9.17) is 24.2 Å². The first-order valence-corrected chi connectivity index (χ1v) is 31.4. The minimum Gasteiger partial charge on any atom is -0.460 e. The molecule has 12 nitrogen and oxygen atoms in total. The van der Waals surface area contributed by atoms with Crippen LogP contribution in [0.2, 0.25) is 0 Å². The fraction of sp³-hybridized carbons (Fsp3) is 0.714. The number of unbranched alkanes of at least 4 members (excludes halogenated alkanes) is 24. The van der Waals surface area contributed by atoms with Crippen LogP contribution in [-0.4, -0.2) is 70.1 Å². The molecule has 5 rings (SSSR count). The minimum absolute atomic E-state index is 0.0205. The number of thioether (sulfide) groups is 1. The molecule has 2 aliphatic carbocycles. The second-order valence-electron chi connectivity index (χ2n) is 21.9. The quantitative estimate of drug-likeness (QED) is 0.0252. The van der Waals surface area contributed by atoms with Gasteiger partial charge in [0.15, 0.2) is 0 Å². The number of hydrogen-bond acceptors (Lipinski definition) is 11. The van der Waals surface area contributed by atoms with Crippen LogP contribution in [0.25, 0.3) is 0 Å². The van der Waals surface area contributed by atoms with Crippen molar-refractivity contribution in [1.29, 1.82) is 0 Å². The second kappa shape index (κ2) is 37.0. The number of nitrogens with one attached hydrogen (secondary N) is 1. The molecule has 6 unspecified atom stereocenters. The van der Waals surface area contributed by atoms with Crippen molar-refractivity contribution in [3.63, 3.8) is 0 Å². The van der Waals surface area contributed by atoms with E-state index in [0.717, 1.165) is 79.5 Å². The first-order chi connectivity index (χ1) is 37.3. The highest BCUT2D eigenvalue weighted by Gasteiger charge is 2.64. The van der Waals surface area contributed by atoms with Crippen LogP contribution in [0.3, 0.4) is 0 Å². The normalized spacial score (nSPS) is 21.1. The number of amides is 1. The number of oxime groups is 1. The number of benzene rings is 2. The van der Waals surface area contributed by atoms with Crippen molar-refractivity contribution < 1.29 is 39.0 Å². The Kier molecular flexibility index (Phi) is 30.7. The van der Waals surface area contributed by atoms with Crippen LogP contribution in [0.15, 0.2) is 71.9 Å². The van der Waals surface area contributed by atoms with Crippen LogP contribution in [0, 0.1) is 27.9 Å². The Morgan fingerprint density at radius 3 is 1.95 bits per heavy atom. The standard InChI is InChI=1S/C63H99N3O9S/c1-4-7-9-11-13-15-17-18-19-20-22-24-26-32-45-76-59-48-57(65-73-49-50-35-37-52(38-36-50)66(70)71)55-46-51(33-27-30-42-67)54(34-28-31-43-68)60-56-47-53(39-40-58(56)75-63(59,61(55)60)72-44-6-3)74-62(69)64-41-29-25-23-21-16-14-12-10-8-5-2/h6,35-40,46-47,51,54,59-61,67-68H,3-5,7-34,41-45,48-49H2,1-2H3,(H,64,69). The van der Waals surface area contributed by atoms with Crippen molar-refractivity contribution in [1.82, 2.24) is 5.32 Å². The predicted octanol–water partition coefficient (Wildman–Crippen LogP) is 16.7. The van der Waals surface area contributed by atoms with Gasteiger partial charge in [-0.2, -0.15) is 11.8 Å². The highest BCUT2D eigenvalue weighted by molar-refractivity contribution is 8.00. The average Bonchev–Trinajstić information content (AvgIpc) is 3.52. The SMILES string of the molecule is C=CCOC12Oc3ccc(OC(=O)NCCCCCCCCCCCC)cc3C3C(CCCCO)C(CCCCO)C=C(C(=NOCc4ccc([N+](=O)[O-])cc4)CC1SCCCCCCCCCCCCCCCC)C32. The molecule has 1 heterocycles. The van der Waals surface area contributed by atoms with Gasteiger partial charge in [-0.05, 0) is 97.6 Å². The second-order valence-corrected chi connectivity index (χ2v) is 23.2. The highest BCUT2D eigenvalue weighted by atomic mass is 32.2. The summed E-state index contributed by atoms with van der Waals surface area (Å²) in [6.07, 6.45) is 39.4. The van der Waals surface area contributed by atoms with Crippen molar-refractivity contribution in [2.24, 2.45) is 22.9 Å². The summed E-state index contributed by atoms with van der Waals surface area (Å²) in [5.74, 6) is 0.717. The van der Waals surface area contributed by atoms with E-state index >= 15 is 0 Å². The average molecular weight is 1070 g/mol. The Bertz CT molecular complexity index is 2010. The third kappa shape index (κ3) is 20.7. The lowest BCUT2D eigenvalue weighted by Crippen LogP contribution is -2.64. The van der Waals surface area contributed by atoms with Crippen molar-refractivity contribution in [2.45, 2.75) is 236 Å². The number of fused-ring (bicyclic) bond motifs is 2. The van der Waals surface area contributed by atoms with E-state index in [0.29, 0.717) is 37.3 Å². The fourth-order valence-corrected chi connectivity index (χ4v) is 13.3. The van der Waals surface area contributed by atoms with Crippen molar-refractivity contribution in [2.75, 3.05) is 32.1 Å². The number of carbonyl (C=O) groups is 1. The lowest BCUT2D eigenvalue weighted by molar-refractivity contribution is -0.384. The van der Waals surface area contributed by atoms with E-state index in [1.165, 1.54) is 141 Å². The molecule has 0 saturated heterocycles. The van der Waals surface area contributed by atoms with Crippen molar-refractivity contribution >= 4 is 29.3 Å². The van der Waals surface area contributed by atoms with E-state index in [1.807, 2.05) is 30.0 Å². The third-order valence-corrected chi connectivity index (χ3v) is 17.4. The Morgan fingerprint density at radius 1 is 0.789 bits per heavy atom. The van der Waals surface area contributed by atoms with Crippen LogP contribution in [-0.2, 0) is 16.2 Å². The molecule has 13 heteroatoms. The van der Waals surface area contributed by atoms with Gasteiger partial charge >= 0.3 is 6.09 Å². The summed E-state index contributed by atoms with van der Waals surface area (Å²) >= 11 is 1.89. The van der Waals surface area contributed by atoms with Crippen LogP contribution in [0.1, 0.15) is 230 Å². The molecule has 2 aromatic carbocycles. The molecular weight excluding hydrogens is 975 g/mol. The van der Waals surface area contributed by atoms with Gasteiger partial charge in [-0.15, -0.1) is 6.58 Å². The number of ether oxygens (including phenoxy) is 3. The van der Waals surface area contributed by atoms with E-state index in [9.17, 15) is 25.1 Å². The maximum absolute atomic E-state index is 13.4. The number of allylic oxidation sites excluding steroid dienone is 1.